The third-order valence-electron chi connectivity index (χ3n) is 5.88. The maximum Gasteiger partial charge on any atom is 0.242 e. The second-order valence-corrected chi connectivity index (χ2v) is 7.70. The van der Waals surface area contributed by atoms with E-state index in [-0.39, 0.29) is 29.8 Å². The van der Waals surface area contributed by atoms with Crippen molar-refractivity contribution in [2.24, 2.45) is 5.92 Å². The summed E-state index contributed by atoms with van der Waals surface area (Å²) in [4.78, 5) is 37.7. The van der Waals surface area contributed by atoms with Crippen LogP contribution in [0.3, 0.4) is 0 Å². The van der Waals surface area contributed by atoms with Gasteiger partial charge in [0.2, 0.25) is 18.1 Å². The molecule has 1 saturated heterocycles. The number of carbonyl (C=O) groups is 2. The van der Waals surface area contributed by atoms with E-state index in [9.17, 15) is 14.4 Å². The molecule has 0 unspecified atom stereocenters. The number of hydrogen-bond acceptors (Lipinski definition) is 4. The lowest BCUT2D eigenvalue weighted by molar-refractivity contribution is -0.126. The molecule has 6 nitrogen and oxygen atoms in total. The number of rotatable bonds is 7. The summed E-state index contributed by atoms with van der Waals surface area (Å²) in [6.07, 6.45) is 4.69. The van der Waals surface area contributed by atoms with Gasteiger partial charge >= 0.3 is 0 Å². The van der Waals surface area contributed by atoms with Crippen molar-refractivity contribution in [2.45, 2.75) is 64.2 Å². The molecule has 2 amide bonds. The van der Waals surface area contributed by atoms with Crippen LogP contribution in [0, 0.1) is 5.92 Å². The number of benzene rings is 1. The van der Waals surface area contributed by atoms with Gasteiger partial charge in [0.25, 0.3) is 0 Å². The Morgan fingerprint density at radius 3 is 2.74 bits per heavy atom. The first-order valence-corrected chi connectivity index (χ1v) is 9.80. The number of fused-ring (bicyclic) bond motifs is 1. The minimum absolute atomic E-state index is 0.0708. The van der Waals surface area contributed by atoms with Crippen LogP contribution in [0.25, 0.3) is 0 Å². The van der Waals surface area contributed by atoms with E-state index in [0.29, 0.717) is 32.4 Å². The highest BCUT2D eigenvalue weighted by Crippen LogP contribution is 2.24. The summed E-state index contributed by atoms with van der Waals surface area (Å²) in [6, 6.07) is 7.34. The molecule has 3 rings (SSSR count). The largest absolute Gasteiger partial charge is 0.350 e. The fourth-order valence-corrected chi connectivity index (χ4v) is 3.88. The van der Waals surface area contributed by atoms with Gasteiger partial charge in [-0.05, 0) is 29.9 Å². The molecule has 2 aliphatic rings. The third kappa shape index (κ3) is 4.56. The van der Waals surface area contributed by atoms with Gasteiger partial charge in [-0.2, -0.15) is 0 Å². The molecule has 1 aromatic rings. The Morgan fingerprint density at radius 2 is 2.11 bits per heavy atom. The molecule has 6 heteroatoms. The van der Waals surface area contributed by atoms with E-state index in [1.54, 1.807) is 0 Å². The first kappa shape index (κ1) is 19.5. The Morgan fingerprint density at radius 1 is 1.37 bits per heavy atom. The lowest BCUT2D eigenvalue weighted by Crippen LogP contribution is -2.54. The molecule has 1 radical (unpaired) electrons. The van der Waals surface area contributed by atoms with Crippen LogP contribution in [0.4, 0.5) is 0 Å². The molecule has 1 fully saturated rings. The lowest BCUT2D eigenvalue weighted by atomic mass is 9.92. The van der Waals surface area contributed by atoms with E-state index < -0.39 is 6.04 Å². The van der Waals surface area contributed by atoms with E-state index in [4.69, 9.17) is 0 Å². The van der Waals surface area contributed by atoms with Crippen molar-refractivity contribution in [1.29, 1.82) is 0 Å². The zero-order valence-corrected chi connectivity index (χ0v) is 16.0. The summed E-state index contributed by atoms with van der Waals surface area (Å²) in [5.74, 6) is 0.0595. The van der Waals surface area contributed by atoms with Crippen molar-refractivity contribution in [3.05, 3.63) is 35.4 Å². The fraction of sp³-hybridized carbons (Fsp3) is 0.571. The molecule has 1 aromatic carbocycles. The Kier molecular flexibility index (Phi) is 6.26. The van der Waals surface area contributed by atoms with Gasteiger partial charge in [-0.3, -0.25) is 19.3 Å². The maximum atomic E-state index is 12.6. The fourth-order valence-electron chi connectivity index (χ4n) is 3.88. The molecule has 2 aliphatic heterocycles. The second-order valence-electron chi connectivity index (χ2n) is 7.70. The van der Waals surface area contributed by atoms with Gasteiger partial charge in [0.1, 0.15) is 6.04 Å². The summed E-state index contributed by atoms with van der Waals surface area (Å²) >= 11 is 0. The van der Waals surface area contributed by atoms with Crippen molar-refractivity contribution in [3.63, 3.8) is 0 Å². The van der Waals surface area contributed by atoms with Gasteiger partial charge < -0.3 is 10.6 Å². The normalized spacial score (nSPS) is 24.6. The van der Waals surface area contributed by atoms with E-state index in [2.05, 4.69) is 47.8 Å². The molecule has 0 spiro atoms. The smallest absolute Gasteiger partial charge is 0.242 e. The number of nitrogens with zero attached hydrogens (tertiary/aromatic N) is 1. The minimum atomic E-state index is -0.445. The second kappa shape index (κ2) is 8.65. The number of amides is 2. The summed E-state index contributed by atoms with van der Waals surface area (Å²) < 4.78 is 0. The summed E-state index contributed by atoms with van der Waals surface area (Å²) in [6.45, 7) is 5.47. The van der Waals surface area contributed by atoms with Crippen LogP contribution >= 0.6 is 0 Å². The molecule has 2 N–H and O–H groups in total. The summed E-state index contributed by atoms with van der Waals surface area (Å²) in [5, 5.41) is 5.85. The minimum Gasteiger partial charge on any atom is -0.350 e. The van der Waals surface area contributed by atoms with Crippen molar-refractivity contribution in [2.75, 3.05) is 6.54 Å². The molecule has 27 heavy (non-hydrogen) atoms. The Hall–Kier alpha value is -2.21. The quantitative estimate of drug-likeness (QED) is 0.759. The van der Waals surface area contributed by atoms with E-state index in [1.807, 2.05) is 12.1 Å². The average molecular weight is 370 g/mol. The monoisotopic (exact) mass is 370 g/mol. The summed E-state index contributed by atoms with van der Waals surface area (Å²) in [7, 11) is 0. The molecular weight excluding hydrogens is 342 g/mol. The predicted octanol–water partition coefficient (Wildman–Crippen LogP) is 1.33. The van der Waals surface area contributed by atoms with Gasteiger partial charge in [-0.25, -0.2) is 0 Å². The molecule has 0 bridgehead atoms. The van der Waals surface area contributed by atoms with Gasteiger partial charge in [-0.1, -0.05) is 44.5 Å². The van der Waals surface area contributed by atoms with E-state index in [0.717, 1.165) is 6.42 Å². The lowest BCUT2D eigenvalue weighted by Gasteiger charge is -2.37. The number of carbonyl (C=O) groups excluding carboxylic acids is 3. The first-order chi connectivity index (χ1) is 13.0. The number of hydrogen-bond donors (Lipinski definition) is 2. The number of nitrogens with one attached hydrogen (secondary N) is 2. The topological polar surface area (TPSA) is 78.5 Å². The van der Waals surface area contributed by atoms with Gasteiger partial charge in [0.15, 0.2) is 0 Å². The Labute approximate surface area is 160 Å². The molecule has 4 atom stereocenters. The van der Waals surface area contributed by atoms with Crippen LogP contribution in [-0.2, 0) is 27.3 Å². The molecule has 2 heterocycles. The van der Waals surface area contributed by atoms with Crippen molar-refractivity contribution in [1.82, 2.24) is 15.5 Å². The van der Waals surface area contributed by atoms with Crippen molar-refractivity contribution < 1.29 is 14.4 Å². The highest BCUT2D eigenvalue weighted by atomic mass is 16.2. The molecule has 145 valence electrons. The van der Waals surface area contributed by atoms with Gasteiger partial charge in [0.05, 0.1) is 6.04 Å². The molecule has 0 aromatic heterocycles. The van der Waals surface area contributed by atoms with E-state index >= 15 is 0 Å². The standard InChI is InChI=1S/C21H28N3O3/c1-3-14(2)19(23-21(27)18-8-9-20(26)22-18)12-24-11-16-7-5-4-6-15(16)10-17(24)13-25/h4-7,14,17-19H,3,8-12H2,1-2H3,(H,22,26)(H,23,27)/t14-,17-,18-,19+/m0/s1. The van der Waals surface area contributed by atoms with Crippen molar-refractivity contribution >= 4 is 18.1 Å². The van der Waals surface area contributed by atoms with E-state index in [1.165, 1.54) is 11.1 Å². The highest BCUT2D eigenvalue weighted by Gasteiger charge is 2.33. The zero-order valence-electron chi connectivity index (χ0n) is 16.0. The van der Waals surface area contributed by atoms with Crippen LogP contribution in [-0.4, -0.2) is 47.7 Å². The van der Waals surface area contributed by atoms with Crippen molar-refractivity contribution in [3.8, 4) is 0 Å². The third-order valence-corrected chi connectivity index (χ3v) is 5.88. The average Bonchev–Trinajstić information content (AvgIpc) is 3.12. The first-order valence-electron chi connectivity index (χ1n) is 9.80. The van der Waals surface area contributed by atoms with Crippen LogP contribution in [0.15, 0.2) is 24.3 Å². The van der Waals surface area contributed by atoms with Gasteiger partial charge in [-0.15, -0.1) is 0 Å². The highest BCUT2D eigenvalue weighted by molar-refractivity contribution is 5.90. The Balaban J connectivity index is 1.70. The molecule has 0 saturated carbocycles. The van der Waals surface area contributed by atoms with Crippen LogP contribution in [0.5, 0.6) is 0 Å². The van der Waals surface area contributed by atoms with Gasteiger partial charge in [0, 0.05) is 25.6 Å². The molecular formula is C21H28N3O3. The van der Waals surface area contributed by atoms with Crippen LogP contribution in [0.2, 0.25) is 0 Å². The SMILES string of the molecule is CC[C@H](C)[C@@H](CN1Cc2ccccc2C[C@H]1[C]=O)NC(=O)[C@@H]1CCC(=O)N1. The predicted molar refractivity (Wildman–Crippen MR) is 103 cm³/mol. The maximum absolute atomic E-state index is 12.6. The zero-order chi connectivity index (χ0) is 19.4. The molecule has 0 aliphatic carbocycles. The van der Waals surface area contributed by atoms with Crippen LogP contribution in [0.1, 0.15) is 44.2 Å². The Bertz CT molecular complexity index is 706. The summed E-state index contributed by atoms with van der Waals surface area (Å²) in [5.41, 5.74) is 2.42. The van der Waals surface area contributed by atoms with Crippen LogP contribution < -0.4 is 10.6 Å².